The molecule has 152 valence electrons. The highest BCUT2D eigenvalue weighted by Crippen LogP contribution is 2.30. The Morgan fingerprint density at radius 3 is 3.03 bits per heavy atom. The first-order valence-corrected chi connectivity index (χ1v) is 9.44. The molecular weight excluding hydrogens is 382 g/mol. The lowest BCUT2D eigenvalue weighted by atomic mass is 10.0. The maximum absolute atomic E-state index is 13.2. The second-order valence-corrected chi connectivity index (χ2v) is 7.53. The molecule has 5 rings (SSSR count). The zero-order valence-corrected chi connectivity index (χ0v) is 15.7. The van der Waals surface area contributed by atoms with Crippen molar-refractivity contribution in [2.75, 3.05) is 29.9 Å². The van der Waals surface area contributed by atoms with Gasteiger partial charge in [0.1, 0.15) is 11.4 Å². The first-order valence-electron chi connectivity index (χ1n) is 9.44. The van der Waals surface area contributed by atoms with Crippen LogP contribution in [0.3, 0.4) is 0 Å². The van der Waals surface area contributed by atoms with Gasteiger partial charge in [-0.25, -0.2) is 18.3 Å². The van der Waals surface area contributed by atoms with E-state index in [1.54, 1.807) is 6.20 Å². The summed E-state index contributed by atoms with van der Waals surface area (Å²) in [4.78, 5) is 19.7. The molecule has 2 aliphatic heterocycles. The van der Waals surface area contributed by atoms with E-state index in [1.165, 1.54) is 28.6 Å². The van der Waals surface area contributed by atoms with Crippen molar-refractivity contribution in [1.29, 1.82) is 0 Å². The van der Waals surface area contributed by atoms with Crippen LogP contribution in [0.1, 0.15) is 28.9 Å². The highest BCUT2D eigenvalue weighted by molar-refractivity contribution is 6.08. The van der Waals surface area contributed by atoms with Gasteiger partial charge in [0, 0.05) is 38.6 Å². The van der Waals surface area contributed by atoms with Gasteiger partial charge in [-0.1, -0.05) is 0 Å². The Kier molecular flexibility index (Phi) is 4.19. The van der Waals surface area contributed by atoms with Gasteiger partial charge in [0.2, 0.25) is 0 Å². The number of amides is 1. The minimum atomic E-state index is -2.79. The van der Waals surface area contributed by atoms with Gasteiger partial charge >= 0.3 is 0 Å². The lowest BCUT2D eigenvalue weighted by molar-refractivity contribution is 0.102. The number of anilines is 2. The quantitative estimate of drug-likeness (QED) is 0.686. The summed E-state index contributed by atoms with van der Waals surface area (Å²) in [6.07, 6.45) is 2.84. The highest BCUT2D eigenvalue weighted by Gasteiger charge is 2.36. The second kappa shape index (κ2) is 6.76. The summed E-state index contributed by atoms with van der Waals surface area (Å²) in [5.74, 6) is 0.831. The third-order valence-corrected chi connectivity index (χ3v) is 5.52. The summed E-state index contributed by atoms with van der Waals surface area (Å²) in [7, 11) is 1.52. The summed E-state index contributed by atoms with van der Waals surface area (Å²) >= 11 is 0. The third kappa shape index (κ3) is 3.11. The van der Waals surface area contributed by atoms with E-state index in [0.29, 0.717) is 17.6 Å². The van der Waals surface area contributed by atoms with Crippen LogP contribution in [-0.2, 0) is 7.05 Å². The Balaban J connectivity index is 1.45. The molecule has 2 N–H and O–H groups in total. The van der Waals surface area contributed by atoms with E-state index in [1.807, 2.05) is 6.07 Å². The molecule has 0 saturated carbocycles. The van der Waals surface area contributed by atoms with Crippen molar-refractivity contribution in [2.24, 2.45) is 13.0 Å². The van der Waals surface area contributed by atoms with Crippen molar-refractivity contribution in [1.82, 2.24) is 29.7 Å². The zero-order valence-electron chi connectivity index (χ0n) is 15.7. The number of alkyl halides is 2. The largest absolute Gasteiger partial charge is 0.352 e. The fraction of sp³-hybridized carbons (Fsp3) is 0.444. The predicted molar refractivity (Wildman–Crippen MR) is 101 cm³/mol. The van der Waals surface area contributed by atoms with Crippen LogP contribution >= 0.6 is 0 Å². The lowest BCUT2D eigenvalue weighted by Gasteiger charge is -2.25. The normalized spacial score (nSPS) is 21.3. The van der Waals surface area contributed by atoms with Crippen molar-refractivity contribution in [3.8, 4) is 0 Å². The molecule has 0 unspecified atom stereocenters. The van der Waals surface area contributed by atoms with Crippen LogP contribution in [0.5, 0.6) is 0 Å². The van der Waals surface area contributed by atoms with Crippen LogP contribution < -0.4 is 15.5 Å². The van der Waals surface area contributed by atoms with E-state index < -0.39 is 18.0 Å². The molecule has 1 amide bonds. The molecule has 9 nitrogen and oxygen atoms in total. The van der Waals surface area contributed by atoms with Gasteiger partial charge in [0.05, 0.1) is 11.9 Å². The highest BCUT2D eigenvalue weighted by atomic mass is 19.3. The van der Waals surface area contributed by atoms with Crippen LogP contribution in [0.4, 0.5) is 20.3 Å². The number of nitrogens with one attached hydrogen (secondary N) is 2. The molecule has 3 aromatic rings. The number of hydrogen-bond donors (Lipinski definition) is 2. The van der Waals surface area contributed by atoms with Gasteiger partial charge in [0.15, 0.2) is 11.3 Å². The molecule has 2 bridgehead atoms. The van der Waals surface area contributed by atoms with Gasteiger partial charge in [0.25, 0.3) is 12.3 Å². The Bertz CT molecular complexity index is 1080. The fourth-order valence-corrected chi connectivity index (χ4v) is 4.22. The molecule has 5 heterocycles. The second-order valence-electron chi connectivity index (χ2n) is 7.53. The van der Waals surface area contributed by atoms with Crippen LogP contribution in [-0.4, -0.2) is 56.0 Å². The van der Waals surface area contributed by atoms with E-state index in [-0.39, 0.29) is 11.3 Å². The number of carbonyl (C=O) groups is 1. The Hall–Kier alpha value is -3.08. The smallest absolute Gasteiger partial charge is 0.284 e. The van der Waals surface area contributed by atoms with Crippen molar-refractivity contribution < 1.29 is 13.6 Å². The molecule has 2 saturated heterocycles. The van der Waals surface area contributed by atoms with Gasteiger partial charge in [-0.15, -0.1) is 0 Å². The number of carbonyl (C=O) groups excluding carboxylic acids is 1. The van der Waals surface area contributed by atoms with E-state index in [4.69, 9.17) is 0 Å². The summed E-state index contributed by atoms with van der Waals surface area (Å²) in [5.41, 5.74) is 0.110. The molecular formula is C18H20F2N8O. The molecule has 3 aromatic heterocycles. The zero-order chi connectivity index (χ0) is 20.1. The Morgan fingerprint density at radius 2 is 2.24 bits per heavy atom. The van der Waals surface area contributed by atoms with Crippen molar-refractivity contribution in [3.05, 3.63) is 35.9 Å². The Labute approximate surface area is 164 Å². The van der Waals surface area contributed by atoms with Crippen molar-refractivity contribution >= 4 is 23.1 Å². The predicted octanol–water partition coefficient (Wildman–Crippen LogP) is 1.45. The molecule has 0 radical (unpaired) electrons. The number of hydrogen-bond acceptors (Lipinski definition) is 6. The average Bonchev–Trinajstić information content (AvgIpc) is 3.36. The Morgan fingerprint density at radius 1 is 1.38 bits per heavy atom. The summed E-state index contributed by atoms with van der Waals surface area (Å²) < 4.78 is 29.1. The summed E-state index contributed by atoms with van der Waals surface area (Å²) in [6.45, 7) is 2.84. The van der Waals surface area contributed by atoms with E-state index in [2.05, 4.69) is 30.7 Å². The standard InChI is InChI=1S/C18H20F2N8O/c1-26-9-13(15(25-26)16(19)20)23-18(29)12-7-22-28-3-2-14(24-17(12)28)27-8-10-4-11(27)6-21-5-10/h2-3,7,9-11,16,21H,4-6,8H2,1H3,(H,23,29)/t10-,11+/m1/s1. The number of aromatic nitrogens is 5. The number of nitrogens with zero attached hydrogens (tertiary/aromatic N) is 6. The molecule has 2 atom stereocenters. The molecule has 2 aliphatic rings. The molecule has 29 heavy (non-hydrogen) atoms. The number of piperidine rings is 1. The molecule has 2 fully saturated rings. The topological polar surface area (TPSA) is 92.4 Å². The van der Waals surface area contributed by atoms with Crippen molar-refractivity contribution in [2.45, 2.75) is 18.9 Å². The van der Waals surface area contributed by atoms with Crippen molar-refractivity contribution in [3.63, 3.8) is 0 Å². The molecule has 11 heteroatoms. The SMILES string of the molecule is Cn1cc(NC(=O)c2cnn3ccc(N4C[C@H]5CNC[C@@H]4C5)nc23)c(C(F)F)n1. The molecule has 0 spiro atoms. The maximum Gasteiger partial charge on any atom is 0.284 e. The molecule has 0 aromatic carbocycles. The van der Waals surface area contributed by atoms with Crippen LogP contribution in [0.2, 0.25) is 0 Å². The monoisotopic (exact) mass is 402 g/mol. The summed E-state index contributed by atoms with van der Waals surface area (Å²) in [5, 5.41) is 13.8. The van der Waals surface area contributed by atoms with E-state index >= 15 is 0 Å². The van der Waals surface area contributed by atoms with Gasteiger partial charge in [-0.3, -0.25) is 9.48 Å². The maximum atomic E-state index is 13.2. The van der Waals surface area contributed by atoms with Crippen LogP contribution in [0.15, 0.2) is 24.7 Å². The first-order chi connectivity index (χ1) is 14.0. The number of rotatable bonds is 4. The molecule has 0 aliphatic carbocycles. The average molecular weight is 402 g/mol. The summed E-state index contributed by atoms with van der Waals surface area (Å²) in [6, 6.07) is 2.27. The number of fused-ring (bicyclic) bond motifs is 3. The minimum Gasteiger partial charge on any atom is -0.352 e. The van der Waals surface area contributed by atoms with Gasteiger partial charge < -0.3 is 15.5 Å². The lowest BCUT2D eigenvalue weighted by Crippen LogP contribution is -2.39. The number of aryl methyl sites for hydroxylation is 1. The minimum absolute atomic E-state index is 0.0255. The number of halogens is 2. The van der Waals surface area contributed by atoms with E-state index in [0.717, 1.165) is 31.9 Å². The fourth-order valence-electron chi connectivity index (χ4n) is 4.22. The van der Waals surface area contributed by atoms with Gasteiger partial charge in [-0.2, -0.15) is 10.2 Å². The van der Waals surface area contributed by atoms with Crippen LogP contribution in [0, 0.1) is 5.92 Å². The van der Waals surface area contributed by atoms with E-state index in [9.17, 15) is 13.6 Å². The van der Waals surface area contributed by atoms with Gasteiger partial charge in [-0.05, 0) is 24.9 Å². The van der Waals surface area contributed by atoms with Crippen LogP contribution in [0.25, 0.3) is 5.65 Å². The third-order valence-electron chi connectivity index (χ3n) is 5.52. The first kappa shape index (κ1) is 18.0.